The number of rotatable bonds is 8. The maximum absolute atomic E-state index is 5.61. The molecule has 1 aromatic rings. The fourth-order valence-electron chi connectivity index (χ4n) is 2.24. The maximum atomic E-state index is 5.61. The highest BCUT2D eigenvalue weighted by Gasteiger charge is 2.21. The first kappa shape index (κ1) is 13.6. The standard InChI is InChI=1S/C15H26N2O/c1-4-12(3)17(5-2)11-13-8-9-18-15(13)10-16-14-6-7-14/h8-9,12,14,16H,4-7,10-11H2,1-3H3. The Morgan fingerprint density at radius 1 is 1.44 bits per heavy atom. The van der Waals surface area contributed by atoms with E-state index in [9.17, 15) is 0 Å². The largest absolute Gasteiger partial charge is 0.468 e. The van der Waals surface area contributed by atoms with Gasteiger partial charge in [0, 0.05) is 24.2 Å². The lowest BCUT2D eigenvalue weighted by molar-refractivity contribution is 0.204. The highest BCUT2D eigenvalue weighted by molar-refractivity contribution is 5.17. The van der Waals surface area contributed by atoms with Crippen LogP contribution in [0.2, 0.25) is 0 Å². The highest BCUT2D eigenvalue weighted by atomic mass is 16.3. The van der Waals surface area contributed by atoms with E-state index in [-0.39, 0.29) is 0 Å². The van der Waals surface area contributed by atoms with Crippen molar-refractivity contribution in [2.45, 2.75) is 65.2 Å². The Morgan fingerprint density at radius 3 is 2.83 bits per heavy atom. The first-order valence-corrected chi connectivity index (χ1v) is 7.27. The summed E-state index contributed by atoms with van der Waals surface area (Å²) in [5, 5.41) is 3.52. The molecule has 3 heteroatoms. The van der Waals surface area contributed by atoms with Gasteiger partial charge in [-0.2, -0.15) is 0 Å². The summed E-state index contributed by atoms with van der Waals surface area (Å²) in [6, 6.07) is 3.49. The molecule has 0 saturated heterocycles. The van der Waals surface area contributed by atoms with Gasteiger partial charge in [0.15, 0.2) is 0 Å². The van der Waals surface area contributed by atoms with Crippen molar-refractivity contribution in [3.05, 3.63) is 23.7 Å². The summed E-state index contributed by atoms with van der Waals surface area (Å²) >= 11 is 0. The third-order valence-electron chi connectivity index (χ3n) is 3.96. The zero-order chi connectivity index (χ0) is 13.0. The number of furan rings is 1. The second kappa shape index (κ2) is 6.39. The molecule has 102 valence electrons. The third kappa shape index (κ3) is 3.59. The molecule has 18 heavy (non-hydrogen) atoms. The molecule has 1 saturated carbocycles. The van der Waals surface area contributed by atoms with Crippen molar-refractivity contribution >= 4 is 0 Å². The summed E-state index contributed by atoms with van der Waals surface area (Å²) in [5.41, 5.74) is 1.34. The quantitative estimate of drug-likeness (QED) is 0.768. The molecule has 2 rings (SSSR count). The highest BCUT2D eigenvalue weighted by Crippen LogP contribution is 2.21. The van der Waals surface area contributed by atoms with Crippen molar-refractivity contribution in [1.29, 1.82) is 0 Å². The van der Waals surface area contributed by atoms with Crippen LogP contribution in [-0.4, -0.2) is 23.5 Å². The second-order valence-corrected chi connectivity index (χ2v) is 5.34. The molecule has 1 aliphatic carbocycles. The number of nitrogens with one attached hydrogen (secondary N) is 1. The normalized spacial score (nSPS) is 17.3. The van der Waals surface area contributed by atoms with E-state index in [4.69, 9.17) is 4.42 Å². The van der Waals surface area contributed by atoms with Gasteiger partial charge in [0.2, 0.25) is 0 Å². The molecule has 1 unspecified atom stereocenters. The summed E-state index contributed by atoms with van der Waals surface area (Å²) in [7, 11) is 0. The van der Waals surface area contributed by atoms with Crippen LogP contribution in [0.25, 0.3) is 0 Å². The maximum Gasteiger partial charge on any atom is 0.122 e. The Balaban J connectivity index is 1.92. The molecule has 0 aromatic carbocycles. The van der Waals surface area contributed by atoms with Gasteiger partial charge >= 0.3 is 0 Å². The monoisotopic (exact) mass is 250 g/mol. The Morgan fingerprint density at radius 2 is 2.22 bits per heavy atom. The van der Waals surface area contributed by atoms with Gasteiger partial charge in [-0.3, -0.25) is 4.90 Å². The Bertz CT molecular complexity index is 357. The van der Waals surface area contributed by atoms with Crippen LogP contribution in [0, 0.1) is 0 Å². The van der Waals surface area contributed by atoms with Crippen molar-refractivity contribution in [2.75, 3.05) is 6.54 Å². The predicted molar refractivity (Wildman–Crippen MR) is 74.4 cm³/mol. The molecule has 0 bridgehead atoms. The second-order valence-electron chi connectivity index (χ2n) is 5.34. The summed E-state index contributed by atoms with van der Waals surface area (Å²) in [5.74, 6) is 1.11. The van der Waals surface area contributed by atoms with Crippen LogP contribution in [0.1, 0.15) is 51.4 Å². The molecule has 1 aromatic heterocycles. The lowest BCUT2D eigenvalue weighted by Crippen LogP contribution is -2.32. The van der Waals surface area contributed by atoms with Gasteiger partial charge in [0.1, 0.15) is 5.76 Å². The lowest BCUT2D eigenvalue weighted by Gasteiger charge is -2.26. The van der Waals surface area contributed by atoms with Crippen LogP contribution in [0.3, 0.4) is 0 Å². The molecule has 1 aliphatic rings. The predicted octanol–water partition coefficient (Wildman–Crippen LogP) is 3.15. The first-order chi connectivity index (χ1) is 8.74. The molecular weight excluding hydrogens is 224 g/mol. The van der Waals surface area contributed by atoms with E-state index in [0.717, 1.165) is 31.4 Å². The van der Waals surface area contributed by atoms with Crippen LogP contribution in [-0.2, 0) is 13.1 Å². The van der Waals surface area contributed by atoms with Gasteiger partial charge < -0.3 is 9.73 Å². The Hall–Kier alpha value is -0.800. The van der Waals surface area contributed by atoms with Crippen LogP contribution in [0.5, 0.6) is 0 Å². The van der Waals surface area contributed by atoms with Crippen molar-refractivity contribution in [3.63, 3.8) is 0 Å². The summed E-state index contributed by atoms with van der Waals surface area (Å²) in [6.45, 7) is 9.75. The molecule has 1 fully saturated rings. The van der Waals surface area contributed by atoms with Gasteiger partial charge in [0.25, 0.3) is 0 Å². The minimum absolute atomic E-state index is 0.633. The average Bonchev–Trinajstić information content (AvgIpc) is 3.12. The van der Waals surface area contributed by atoms with Crippen molar-refractivity contribution in [1.82, 2.24) is 10.2 Å². The fraction of sp³-hybridized carbons (Fsp3) is 0.733. The summed E-state index contributed by atoms with van der Waals surface area (Å²) < 4.78 is 5.61. The Kier molecular flexibility index (Phi) is 4.84. The smallest absolute Gasteiger partial charge is 0.122 e. The molecule has 1 atom stereocenters. The third-order valence-corrected chi connectivity index (χ3v) is 3.96. The van der Waals surface area contributed by atoms with E-state index in [0.29, 0.717) is 6.04 Å². The van der Waals surface area contributed by atoms with E-state index in [1.54, 1.807) is 0 Å². The van der Waals surface area contributed by atoms with E-state index < -0.39 is 0 Å². The fourth-order valence-corrected chi connectivity index (χ4v) is 2.24. The zero-order valence-corrected chi connectivity index (χ0v) is 11.9. The molecule has 0 spiro atoms. The van der Waals surface area contributed by atoms with Crippen molar-refractivity contribution < 1.29 is 4.42 Å². The first-order valence-electron chi connectivity index (χ1n) is 7.27. The van der Waals surface area contributed by atoms with E-state index >= 15 is 0 Å². The number of hydrogen-bond acceptors (Lipinski definition) is 3. The molecule has 0 amide bonds. The van der Waals surface area contributed by atoms with E-state index in [1.165, 1.54) is 24.8 Å². The van der Waals surface area contributed by atoms with Gasteiger partial charge in [-0.25, -0.2) is 0 Å². The molecule has 3 nitrogen and oxygen atoms in total. The minimum Gasteiger partial charge on any atom is -0.468 e. The van der Waals surface area contributed by atoms with Gasteiger partial charge in [-0.05, 0) is 38.8 Å². The topological polar surface area (TPSA) is 28.4 Å². The summed E-state index contributed by atoms with van der Waals surface area (Å²) in [4.78, 5) is 2.51. The number of hydrogen-bond donors (Lipinski definition) is 1. The number of nitrogens with zero attached hydrogens (tertiary/aromatic N) is 1. The molecule has 0 aliphatic heterocycles. The SMILES string of the molecule is CCC(C)N(CC)Cc1ccoc1CNC1CC1. The van der Waals surface area contributed by atoms with Gasteiger partial charge in [0.05, 0.1) is 12.8 Å². The molecule has 1 heterocycles. The van der Waals surface area contributed by atoms with E-state index in [2.05, 4.69) is 37.1 Å². The molecule has 0 radical (unpaired) electrons. The Labute approximate surface area is 111 Å². The van der Waals surface area contributed by atoms with Crippen molar-refractivity contribution in [3.8, 4) is 0 Å². The lowest BCUT2D eigenvalue weighted by atomic mass is 10.1. The minimum atomic E-state index is 0.633. The molecule has 1 N–H and O–H groups in total. The van der Waals surface area contributed by atoms with Crippen LogP contribution in [0.4, 0.5) is 0 Å². The van der Waals surface area contributed by atoms with E-state index in [1.807, 2.05) is 6.26 Å². The summed E-state index contributed by atoms with van der Waals surface area (Å²) in [6.07, 6.45) is 5.67. The van der Waals surface area contributed by atoms with Crippen LogP contribution in [0.15, 0.2) is 16.7 Å². The van der Waals surface area contributed by atoms with Crippen LogP contribution < -0.4 is 5.32 Å². The van der Waals surface area contributed by atoms with Crippen molar-refractivity contribution in [2.24, 2.45) is 0 Å². The van der Waals surface area contributed by atoms with Crippen LogP contribution >= 0.6 is 0 Å². The average molecular weight is 250 g/mol. The van der Waals surface area contributed by atoms with Gasteiger partial charge in [-0.1, -0.05) is 13.8 Å². The zero-order valence-electron chi connectivity index (χ0n) is 11.9. The molecular formula is C15H26N2O. The van der Waals surface area contributed by atoms with Gasteiger partial charge in [-0.15, -0.1) is 0 Å².